The minimum absolute atomic E-state index is 0.236. The number of rotatable bonds is 9. The van der Waals surface area contributed by atoms with Crippen molar-refractivity contribution in [1.82, 2.24) is 77.5 Å². The molecule has 0 aliphatic heterocycles. The Kier molecular flexibility index (Phi) is 9.56. The van der Waals surface area contributed by atoms with Crippen LogP contribution in [-0.2, 0) is 34.0 Å². The molecule has 0 atom stereocenters. The van der Waals surface area contributed by atoms with Crippen molar-refractivity contribution in [3.63, 3.8) is 0 Å². The van der Waals surface area contributed by atoms with Crippen molar-refractivity contribution in [1.29, 1.82) is 0 Å². The van der Waals surface area contributed by atoms with Crippen molar-refractivity contribution in [3.8, 4) is 0 Å². The molecule has 0 aliphatic carbocycles. The van der Waals surface area contributed by atoms with E-state index in [2.05, 4.69) is 63.5 Å². The van der Waals surface area contributed by atoms with Gasteiger partial charge in [0, 0.05) is 16.7 Å². The van der Waals surface area contributed by atoms with Crippen LogP contribution in [-0.4, -0.2) is 80.4 Å². The summed E-state index contributed by atoms with van der Waals surface area (Å²) in [5.74, 6) is -4.68. The fourth-order valence-electron chi connectivity index (χ4n) is 5.25. The van der Waals surface area contributed by atoms with E-state index in [1.54, 1.807) is 72.8 Å². The van der Waals surface area contributed by atoms with Gasteiger partial charge in [-0.15, -0.1) is 15.3 Å². The van der Waals surface area contributed by atoms with Gasteiger partial charge in [-0.3, -0.25) is 61.3 Å². The molecule has 21 heteroatoms. The average Bonchev–Trinajstić information content (AvgIpc) is 3.92. The van der Waals surface area contributed by atoms with E-state index in [-0.39, 0.29) is 36.3 Å². The lowest BCUT2D eigenvalue weighted by molar-refractivity contribution is -0.123. The van der Waals surface area contributed by atoms with Gasteiger partial charge in [-0.05, 0) is 54.6 Å². The zero-order valence-electron chi connectivity index (χ0n) is 27.8. The largest absolute Gasteiger partial charge is 0.271 e. The fraction of sp³-hybridized carbons (Fsp3) is 0.0909. The number of benzene rings is 4. The molecule has 270 valence electrons. The second kappa shape index (κ2) is 15.0. The molecule has 0 aliphatic rings. The van der Waals surface area contributed by atoms with Crippen molar-refractivity contribution in [3.05, 3.63) is 108 Å². The maximum absolute atomic E-state index is 13.2. The van der Waals surface area contributed by atoms with E-state index in [9.17, 15) is 28.8 Å². The van der Waals surface area contributed by atoms with Gasteiger partial charge in [0.05, 0.1) is 16.6 Å². The van der Waals surface area contributed by atoms with Gasteiger partial charge in [-0.2, -0.15) is 0 Å². The van der Waals surface area contributed by atoms with E-state index < -0.39 is 35.4 Å². The molecule has 0 saturated heterocycles. The summed E-state index contributed by atoms with van der Waals surface area (Å²) in [5, 5.41) is 23.8. The van der Waals surface area contributed by atoms with Crippen LogP contribution in [0.5, 0.6) is 0 Å². The topological polar surface area (TPSA) is 267 Å². The molecule has 54 heavy (non-hydrogen) atoms. The highest BCUT2D eigenvalue weighted by Gasteiger charge is 2.19. The first kappa shape index (κ1) is 34.4. The van der Waals surface area contributed by atoms with Crippen molar-refractivity contribution in [2.45, 2.75) is 19.6 Å². The third kappa shape index (κ3) is 7.63. The van der Waals surface area contributed by atoms with E-state index >= 15 is 0 Å². The number of aromatic nitrogens is 9. The van der Waals surface area contributed by atoms with Gasteiger partial charge in [0.25, 0.3) is 35.4 Å². The van der Waals surface area contributed by atoms with Crippen LogP contribution in [0, 0.1) is 0 Å². The summed E-state index contributed by atoms with van der Waals surface area (Å²) in [5.41, 5.74) is 16.3. The number of nitrogens with one attached hydrogen (secondary N) is 6. The average molecular weight is 730 g/mol. The Labute approximate surface area is 301 Å². The molecule has 0 unspecified atom stereocenters. The lowest BCUT2D eigenvalue weighted by Gasteiger charge is -2.13. The minimum atomic E-state index is -0.903. The lowest BCUT2D eigenvalue weighted by atomic mass is 10.0. The van der Waals surface area contributed by atoms with Gasteiger partial charge in [-0.25, -0.2) is 14.0 Å². The highest BCUT2D eigenvalue weighted by atomic mass is 16.2. The smallest absolute Gasteiger partial charge is 0.269 e. The SMILES string of the molecule is O=C(Cn1nnc2ccccc21)NNC(=O)c1cc(C(=O)NNC(=O)Cn2nnc3ccccc32)cc(C(=O)NNC(=O)Cn2nnc3ccccc32)c1. The molecule has 0 bridgehead atoms. The molecule has 0 spiro atoms. The standard InChI is InChI=1S/C33H27N15O6/c49-28(16-46-25-10-4-1-7-22(25)34-43-46)37-40-31(52)19-13-20(32(53)41-38-29(50)17-47-26-11-5-2-8-23(26)35-44-47)15-21(14-19)33(54)42-39-30(51)18-48-27-12-6-3-9-24(27)36-45-48/h1-15H,16-18H2,(H,37,49)(H,38,50)(H,39,51)(H,40,52)(H,41,53)(H,42,54). The van der Waals surface area contributed by atoms with Crippen LogP contribution in [0.25, 0.3) is 33.1 Å². The Balaban J connectivity index is 1.03. The molecular weight excluding hydrogens is 702 g/mol. The molecule has 7 rings (SSSR count). The fourth-order valence-corrected chi connectivity index (χ4v) is 5.25. The molecule has 6 N–H and O–H groups in total. The number of hydrogen-bond donors (Lipinski definition) is 6. The van der Waals surface area contributed by atoms with E-state index in [1.807, 2.05) is 0 Å². The first-order chi connectivity index (χ1) is 26.2. The predicted octanol–water partition coefficient (Wildman–Crippen LogP) is -0.696. The summed E-state index contributed by atoms with van der Waals surface area (Å²) in [6, 6.07) is 24.3. The first-order valence-electron chi connectivity index (χ1n) is 16.0. The Hall–Kier alpha value is -8.10. The molecule has 21 nitrogen and oxygen atoms in total. The number of para-hydroxylation sites is 3. The number of fused-ring (bicyclic) bond motifs is 3. The highest BCUT2D eigenvalue weighted by Crippen LogP contribution is 2.13. The predicted molar refractivity (Wildman–Crippen MR) is 186 cm³/mol. The lowest BCUT2D eigenvalue weighted by Crippen LogP contribution is -2.45. The molecule has 3 aromatic heterocycles. The van der Waals surface area contributed by atoms with Crippen LogP contribution in [0.3, 0.4) is 0 Å². The van der Waals surface area contributed by atoms with Gasteiger partial charge in [0.15, 0.2) is 0 Å². The molecule has 0 fully saturated rings. The van der Waals surface area contributed by atoms with Crippen LogP contribution in [0.1, 0.15) is 31.1 Å². The van der Waals surface area contributed by atoms with Gasteiger partial charge in [0.2, 0.25) is 0 Å². The van der Waals surface area contributed by atoms with Crippen LogP contribution in [0.2, 0.25) is 0 Å². The molecule has 0 radical (unpaired) electrons. The van der Waals surface area contributed by atoms with Crippen molar-refractivity contribution >= 4 is 68.5 Å². The van der Waals surface area contributed by atoms with Gasteiger partial charge in [-0.1, -0.05) is 52.0 Å². The zero-order valence-corrected chi connectivity index (χ0v) is 27.8. The number of carbonyl (C=O) groups excluding carboxylic acids is 6. The van der Waals surface area contributed by atoms with E-state index in [1.165, 1.54) is 14.0 Å². The normalized spacial score (nSPS) is 10.9. The second-order valence-electron chi connectivity index (χ2n) is 11.5. The number of carbonyl (C=O) groups is 6. The number of nitrogens with zero attached hydrogens (tertiary/aromatic N) is 9. The Morgan fingerprint density at radius 1 is 0.407 bits per heavy atom. The summed E-state index contributed by atoms with van der Waals surface area (Å²) >= 11 is 0. The highest BCUT2D eigenvalue weighted by molar-refractivity contribution is 6.05. The zero-order chi connectivity index (χ0) is 37.6. The van der Waals surface area contributed by atoms with Crippen molar-refractivity contribution in [2.24, 2.45) is 0 Å². The molecule has 0 saturated carbocycles. The summed E-state index contributed by atoms with van der Waals surface area (Å²) in [4.78, 5) is 77.7. The van der Waals surface area contributed by atoms with E-state index in [0.29, 0.717) is 33.1 Å². The second-order valence-corrected chi connectivity index (χ2v) is 11.5. The van der Waals surface area contributed by atoms with Crippen LogP contribution in [0.4, 0.5) is 0 Å². The van der Waals surface area contributed by atoms with Crippen molar-refractivity contribution in [2.75, 3.05) is 0 Å². The Bertz CT molecular complexity index is 2300. The number of hydrazine groups is 3. The molecule has 3 heterocycles. The van der Waals surface area contributed by atoms with Crippen molar-refractivity contribution < 1.29 is 28.8 Å². The van der Waals surface area contributed by atoms with Gasteiger partial charge >= 0.3 is 0 Å². The van der Waals surface area contributed by atoms with Gasteiger partial charge < -0.3 is 0 Å². The third-order valence-electron chi connectivity index (χ3n) is 7.81. The summed E-state index contributed by atoms with van der Waals surface area (Å²) in [7, 11) is 0. The third-order valence-corrected chi connectivity index (χ3v) is 7.81. The molecule has 7 aromatic rings. The van der Waals surface area contributed by atoms with Crippen LogP contribution in [0.15, 0.2) is 91.0 Å². The summed E-state index contributed by atoms with van der Waals surface area (Å²) < 4.78 is 4.01. The van der Waals surface area contributed by atoms with E-state index in [4.69, 9.17) is 0 Å². The van der Waals surface area contributed by atoms with Crippen LogP contribution >= 0.6 is 0 Å². The first-order valence-corrected chi connectivity index (χ1v) is 16.0. The minimum Gasteiger partial charge on any atom is -0.271 e. The molecule has 4 aromatic carbocycles. The quantitative estimate of drug-likeness (QED) is 0.101. The number of hydrogen-bond acceptors (Lipinski definition) is 12. The maximum Gasteiger partial charge on any atom is 0.269 e. The van der Waals surface area contributed by atoms with E-state index in [0.717, 1.165) is 18.2 Å². The molecule has 6 amide bonds. The molecular formula is C33H27N15O6. The number of amides is 6. The maximum atomic E-state index is 13.2. The van der Waals surface area contributed by atoms with Crippen LogP contribution < -0.4 is 32.6 Å². The Morgan fingerprint density at radius 2 is 0.685 bits per heavy atom. The Morgan fingerprint density at radius 3 is 0.981 bits per heavy atom. The summed E-state index contributed by atoms with van der Waals surface area (Å²) in [6.07, 6.45) is 0. The monoisotopic (exact) mass is 729 g/mol. The van der Waals surface area contributed by atoms with Gasteiger partial charge in [0.1, 0.15) is 36.2 Å². The summed E-state index contributed by atoms with van der Waals surface area (Å²) in [6.45, 7) is -0.860.